The molecule has 0 saturated carbocycles. The van der Waals surface area contributed by atoms with Gasteiger partial charge in [-0.1, -0.05) is 29.8 Å². The molecule has 0 radical (unpaired) electrons. The number of benzene rings is 2. The van der Waals surface area contributed by atoms with Gasteiger partial charge in [-0.2, -0.15) is 0 Å². The summed E-state index contributed by atoms with van der Waals surface area (Å²) in [7, 11) is 3.36. The van der Waals surface area contributed by atoms with Gasteiger partial charge in [0, 0.05) is 17.7 Å². The normalized spacial score (nSPS) is 10.5. The van der Waals surface area contributed by atoms with Crippen LogP contribution in [0.1, 0.15) is 11.1 Å². The molecule has 0 N–H and O–H groups in total. The molecule has 0 amide bonds. The van der Waals surface area contributed by atoms with Crippen molar-refractivity contribution < 1.29 is 9.47 Å². The Balaban J connectivity index is 2.44. The van der Waals surface area contributed by atoms with E-state index in [2.05, 4.69) is 25.1 Å². The second kappa shape index (κ2) is 6.09. The van der Waals surface area contributed by atoms with Crippen LogP contribution in [0, 0.1) is 6.92 Å². The zero-order valence-electron chi connectivity index (χ0n) is 11.4. The first-order valence-electron chi connectivity index (χ1n) is 6.08. The SMILES string of the molecule is COCc1ccc(-c2ccc(Cl)cc2OC)cc1C. The van der Waals surface area contributed by atoms with E-state index >= 15 is 0 Å². The van der Waals surface area contributed by atoms with Crippen LogP contribution in [0.3, 0.4) is 0 Å². The molecule has 19 heavy (non-hydrogen) atoms. The van der Waals surface area contributed by atoms with E-state index in [1.165, 1.54) is 11.1 Å². The van der Waals surface area contributed by atoms with Crippen LogP contribution < -0.4 is 4.74 Å². The molecule has 0 bridgehead atoms. The molecule has 3 heteroatoms. The van der Waals surface area contributed by atoms with Crippen LogP contribution in [0.5, 0.6) is 5.75 Å². The number of hydrogen-bond donors (Lipinski definition) is 0. The van der Waals surface area contributed by atoms with Gasteiger partial charge in [0.1, 0.15) is 5.75 Å². The third-order valence-corrected chi connectivity index (χ3v) is 3.35. The molecule has 2 rings (SSSR count). The Hall–Kier alpha value is -1.51. The lowest BCUT2D eigenvalue weighted by Gasteiger charge is -2.11. The maximum Gasteiger partial charge on any atom is 0.128 e. The Morgan fingerprint density at radius 2 is 1.84 bits per heavy atom. The molecule has 0 aliphatic rings. The fraction of sp³-hybridized carbons (Fsp3) is 0.250. The molecule has 0 saturated heterocycles. The molecule has 0 aliphatic heterocycles. The van der Waals surface area contributed by atoms with E-state index in [4.69, 9.17) is 21.1 Å². The fourth-order valence-corrected chi connectivity index (χ4v) is 2.25. The van der Waals surface area contributed by atoms with Crippen molar-refractivity contribution >= 4 is 11.6 Å². The van der Waals surface area contributed by atoms with Gasteiger partial charge >= 0.3 is 0 Å². The summed E-state index contributed by atoms with van der Waals surface area (Å²) in [6, 6.07) is 12.0. The summed E-state index contributed by atoms with van der Waals surface area (Å²) in [5.41, 5.74) is 4.56. The standard InChI is InChI=1S/C16H17ClO2/c1-11-8-12(4-5-13(11)10-18-2)15-7-6-14(17)9-16(15)19-3/h4-9H,10H2,1-3H3. The van der Waals surface area contributed by atoms with Gasteiger partial charge in [0.2, 0.25) is 0 Å². The second-order valence-corrected chi connectivity index (χ2v) is 4.86. The molecule has 0 heterocycles. The molecule has 2 aromatic carbocycles. The van der Waals surface area contributed by atoms with Crippen molar-refractivity contribution in [2.24, 2.45) is 0 Å². The second-order valence-electron chi connectivity index (χ2n) is 4.42. The summed E-state index contributed by atoms with van der Waals surface area (Å²) < 4.78 is 10.6. The number of aryl methyl sites for hydroxylation is 1. The van der Waals surface area contributed by atoms with Crippen molar-refractivity contribution in [1.29, 1.82) is 0 Å². The monoisotopic (exact) mass is 276 g/mol. The van der Waals surface area contributed by atoms with Crippen molar-refractivity contribution in [1.82, 2.24) is 0 Å². The highest BCUT2D eigenvalue weighted by Crippen LogP contribution is 2.33. The van der Waals surface area contributed by atoms with E-state index in [-0.39, 0.29) is 0 Å². The summed E-state index contributed by atoms with van der Waals surface area (Å²) in [6.45, 7) is 2.71. The van der Waals surface area contributed by atoms with Crippen LogP contribution in [0.4, 0.5) is 0 Å². The lowest BCUT2D eigenvalue weighted by molar-refractivity contribution is 0.184. The van der Waals surface area contributed by atoms with Crippen LogP contribution in [-0.2, 0) is 11.3 Å². The minimum absolute atomic E-state index is 0.629. The number of hydrogen-bond acceptors (Lipinski definition) is 2. The Kier molecular flexibility index (Phi) is 4.46. The van der Waals surface area contributed by atoms with Crippen molar-refractivity contribution in [2.45, 2.75) is 13.5 Å². The lowest BCUT2D eigenvalue weighted by Crippen LogP contribution is -1.93. The zero-order chi connectivity index (χ0) is 13.8. The molecule has 0 aromatic heterocycles. The molecule has 100 valence electrons. The van der Waals surface area contributed by atoms with E-state index in [9.17, 15) is 0 Å². The van der Waals surface area contributed by atoms with Gasteiger partial charge in [-0.05, 0) is 41.8 Å². The number of halogens is 1. The predicted molar refractivity (Wildman–Crippen MR) is 78.9 cm³/mol. The molecular formula is C16H17ClO2. The molecule has 0 spiro atoms. The quantitative estimate of drug-likeness (QED) is 0.820. The highest BCUT2D eigenvalue weighted by Gasteiger charge is 2.08. The average Bonchev–Trinajstić information content (AvgIpc) is 2.41. The maximum absolute atomic E-state index is 5.98. The van der Waals surface area contributed by atoms with Gasteiger partial charge in [-0.25, -0.2) is 0 Å². The minimum atomic E-state index is 0.629. The Morgan fingerprint density at radius 3 is 2.47 bits per heavy atom. The fourth-order valence-electron chi connectivity index (χ4n) is 2.08. The van der Waals surface area contributed by atoms with E-state index in [1.807, 2.05) is 18.2 Å². The molecule has 0 unspecified atom stereocenters. The van der Waals surface area contributed by atoms with E-state index < -0.39 is 0 Å². The highest BCUT2D eigenvalue weighted by atomic mass is 35.5. The molecular weight excluding hydrogens is 260 g/mol. The van der Waals surface area contributed by atoms with Gasteiger partial charge in [0.15, 0.2) is 0 Å². The van der Waals surface area contributed by atoms with Gasteiger partial charge in [0.05, 0.1) is 13.7 Å². The number of ether oxygens (including phenoxy) is 2. The molecule has 0 aliphatic carbocycles. The maximum atomic E-state index is 5.98. The van der Waals surface area contributed by atoms with E-state index in [0.29, 0.717) is 11.6 Å². The van der Waals surface area contributed by atoms with E-state index in [1.54, 1.807) is 14.2 Å². The molecule has 0 fully saturated rings. The first-order chi connectivity index (χ1) is 9.15. The third-order valence-electron chi connectivity index (χ3n) is 3.12. The summed E-state index contributed by atoms with van der Waals surface area (Å²) in [6.07, 6.45) is 0. The first kappa shape index (κ1) is 13.9. The van der Waals surface area contributed by atoms with Gasteiger partial charge in [-0.15, -0.1) is 0 Å². The third kappa shape index (κ3) is 3.09. The number of rotatable bonds is 4. The minimum Gasteiger partial charge on any atom is -0.496 e. The van der Waals surface area contributed by atoms with Crippen molar-refractivity contribution in [3.05, 3.63) is 52.5 Å². The van der Waals surface area contributed by atoms with Crippen LogP contribution in [0.25, 0.3) is 11.1 Å². The molecule has 0 atom stereocenters. The van der Waals surface area contributed by atoms with E-state index in [0.717, 1.165) is 16.9 Å². The predicted octanol–water partition coefficient (Wildman–Crippen LogP) is 4.47. The van der Waals surface area contributed by atoms with Crippen LogP contribution >= 0.6 is 11.6 Å². The largest absolute Gasteiger partial charge is 0.496 e. The number of methoxy groups -OCH3 is 2. The summed E-state index contributed by atoms with van der Waals surface area (Å²) in [5.74, 6) is 0.784. The smallest absolute Gasteiger partial charge is 0.128 e. The van der Waals surface area contributed by atoms with Crippen LogP contribution in [0.15, 0.2) is 36.4 Å². The summed E-state index contributed by atoms with van der Waals surface area (Å²) in [4.78, 5) is 0. The topological polar surface area (TPSA) is 18.5 Å². The van der Waals surface area contributed by atoms with Gasteiger partial charge in [-0.3, -0.25) is 0 Å². The average molecular weight is 277 g/mol. The van der Waals surface area contributed by atoms with Gasteiger partial charge < -0.3 is 9.47 Å². The molecule has 2 aromatic rings. The highest BCUT2D eigenvalue weighted by molar-refractivity contribution is 6.30. The van der Waals surface area contributed by atoms with Crippen molar-refractivity contribution in [3.8, 4) is 16.9 Å². The Labute approximate surface area is 118 Å². The summed E-state index contributed by atoms with van der Waals surface area (Å²) >= 11 is 5.98. The van der Waals surface area contributed by atoms with Gasteiger partial charge in [0.25, 0.3) is 0 Å². The Bertz CT molecular complexity index is 579. The van der Waals surface area contributed by atoms with Crippen LogP contribution in [0.2, 0.25) is 5.02 Å². The lowest BCUT2D eigenvalue weighted by atomic mass is 9.99. The van der Waals surface area contributed by atoms with Crippen molar-refractivity contribution in [3.63, 3.8) is 0 Å². The Morgan fingerprint density at radius 1 is 1.05 bits per heavy atom. The van der Waals surface area contributed by atoms with Crippen molar-refractivity contribution in [2.75, 3.05) is 14.2 Å². The summed E-state index contributed by atoms with van der Waals surface area (Å²) in [5, 5.41) is 0.674. The molecule has 2 nitrogen and oxygen atoms in total. The zero-order valence-corrected chi connectivity index (χ0v) is 12.1. The first-order valence-corrected chi connectivity index (χ1v) is 6.46. The van der Waals surface area contributed by atoms with Crippen LogP contribution in [-0.4, -0.2) is 14.2 Å².